The molecule has 1 aromatic rings. The molecule has 43 heavy (non-hydrogen) atoms. The van der Waals surface area contributed by atoms with Crippen LogP contribution >= 0.6 is 0 Å². The fourth-order valence-corrected chi connectivity index (χ4v) is 5.57. The minimum Gasteiger partial charge on any atom is -0.460 e. The average molecular weight is 624 g/mol. The number of amides is 1. The van der Waals surface area contributed by atoms with E-state index in [4.69, 9.17) is 32.8 Å². The lowest BCUT2D eigenvalue weighted by molar-refractivity contribution is -0.332. The van der Waals surface area contributed by atoms with Crippen LogP contribution in [0.3, 0.4) is 0 Å². The van der Waals surface area contributed by atoms with Gasteiger partial charge in [-0.15, -0.1) is 0 Å². The Labute approximate surface area is 251 Å². The van der Waals surface area contributed by atoms with E-state index in [1.165, 1.54) is 13.8 Å². The van der Waals surface area contributed by atoms with E-state index in [2.05, 4.69) is 5.32 Å². The lowest BCUT2D eigenvalue weighted by Gasteiger charge is -2.52. The minimum atomic E-state index is -2.38. The Kier molecular flexibility index (Phi) is 10.6. The third-order valence-corrected chi connectivity index (χ3v) is 12.2. The van der Waals surface area contributed by atoms with Gasteiger partial charge in [0.2, 0.25) is 5.91 Å². The first-order valence-corrected chi connectivity index (χ1v) is 16.9. The summed E-state index contributed by atoms with van der Waals surface area (Å²) in [4.78, 5) is 62.9. The largest absolute Gasteiger partial charge is 0.511 e. The highest BCUT2D eigenvalue weighted by molar-refractivity contribution is 6.74. The first kappa shape index (κ1) is 34.0. The van der Waals surface area contributed by atoms with Crippen molar-refractivity contribution in [2.75, 3.05) is 6.61 Å². The van der Waals surface area contributed by atoms with Crippen molar-refractivity contribution in [2.45, 2.75) is 109 Å². The molecule has 2 aliphatic heterocycles. The summed E-state index contributed by atoms with van der Waals surface area (Å²) < 4.78 is 39.8. The van der Waals surface area contributed by atoms with Gasteiger partial charge in [0.25, 0.3) is 0 Å². The summed E-state index contributed by atoms with van der Waals surface area (Å²) in [5.74, 6) is -5.41. The maximum atomic E-state index is 13.6. The molecule has 2 heterocycles. The van der Waals surface area contributed by atoms with Crippen molar-refractivity contribution in [1.82, 2.24) is 5.32 Å². The highest BCUT2D eigenvalue weighted by atomic mass is 28.4. The van der Waals surface area contributed by atoms with Crippen molar-refractivity contribution < 1.29 is 56.8 Å². The predicted octanol–water partition coefficient (Wildman–Crippen LogP) is 3.14. The van der Waals surface area contributed by atoms with Gasteiger partial charge in [-0.25, -0.2) is 9.59 Å². The van der Waals surface area contributed by atoms with E-state index in [9.17, 15) is 24.0 Å². The molecule has 2 bridgehead atoms. The second-order valence-corrected chi connectivity index (χ2v) is 16.9. The SMILES string of the molecule is CC(=O)N[C@H]1[C@H]2O[C@@](OC(=O)OCc3ccccc3)(C[C@@H]1OC(C)=O)C(=O)O[C@@H]2[C@@H](CO[Si](C)(C)C(C)(C)C)OC(C)=O. The first-order chi connectivity index (χ1) is 19.9. The zero-order valence-corrected chi connectivity index (χ0v) is 26.8. The smallest absolute Gasteiger partial charge is 0.460 e. The van der Waals surface area contributed by atoms with Gasteiger partial charge < -0.3 is 38.2 Å². The van der Waals surface area contributed by atoms with Gasteiger partial charge in [0.1, 0.15) is 18.8 Å². The maximum Gasteiger partial charge on any atom is 0.511 e. The highest BCUT2D eigenvalue weighted by Crippen LogP contribution is 2.42. The molecule has 0 spiro atoms. The quantitative estimate of drug-likeness (QED) is 0.231. The normalized spacial score (nSPS) is 25.9. The van der Waals surface area contributed by atoms with Gasteiger partial charge in [0.05, 0.1) is 19.1 Å². The lowest BCUT2D eigenvalue weighted by atomic mass is 9.86. The van der Waals surface area contributed by atoms with Gasteiger partial charge >= 0.3 is 29.9 Å². The molecule has 1 N–H and O–H groups in total. The molecule has 13 nitrogen and oxygen atoms in total. The second-order valence-electron chi connectivity index (χ2n) is 12.1. The molecule has 3 rings (SSSR count). The van der Waals surface area contributed by atoms with E-state index >= 15 is 0 Å². The van der Waals surface area contributed by atoms with Crippen LogP contribution in [-0.2, 0) is 58.6 Å². The summed E-state index contributed by atoms with van der Waals surface area (Å²) in [7, 11) is -2.38. The number of rotatable bonds is 10. The van der Waals surface area contributed by atoms with E-state index in [0.29, 0.717) is 5.56 Å². The Bertz CT molecular complexity index is 1200. The molecule has 2 saturated heterocycles. The molecular formula is C29H41NO12Si. The number of cyclic esters (lactones) is 1. The number of fused-ring (bicyclic) bond motifs is 2. The summed E-state index contributed by atoms with van der Waals surface area (Å²) in [6.07, 6.45) is -6.76. The number of nitrogens with one attached hydrogen (secondary N) is 1. The van der Waals surface area contributed by atoms with E-state index in [1.807, 2.05) is 33.9 Å². The molecule has 0 saturated carbocycles. The average Bonchev–Trinajstić information content (AvgIpc) is 2.88. The molecule has 14 heteroatoms. The maximum absolute atomic E-state index is 13.6. The summed E-state index contributed by atoms with van der Waals surface area (Å²) >= 11 is 0. The van der Waals surface area contributed by atoms with Crippen LogP contribution in [0.4, 0.5) is 4.79 Å². The molecule has 2 fully saturated rings. The van der Waals surface area contributed by atoms with Crippen LogP contribution in [0.1, 0.15) is 53.5 Å². The van der Waals surface area contributed by atoms with E-state index < -0.39 is 81.0 Å². The molecular weight excluding hydrogens is 582 g/mol. The number of ether oxygens (including phenoxy) is 6. The third kappa shape index (κ3) is 8.54. The summed E-state index contributed by atoms with van der Waals surface area (Å²) in [5.41, 5.74) is 0.667. The molecule has 0 radical (unpaired) electrons. The zero-order valence-electron chi connectivity index (χ0n) is 25.8. The van der Waals surface area contributed by atoms with Crippen LogP contribution in [0, 0.1) is 0 Å². The van der Waals surface area contributed by atoms with Crippen LogP contribution in [0.25, 0.3) is 0 Å². The summed E-state index contributed by atoms with van der Waals surface area (Å²) in [6.45, 7) is 13.4. The fraction of sp³-hybridized carbons (Fsp3) is 0.621. The Morgan fingerprint density at radius 1 is 1.07 bits per heavy atom. The Morgan fingerprint density at radius 3 is 2.28 bits per heavy atom. The molecule has 0 unspecified atom stereocenters. The number of benzene rings is 1. The highest BCUT2D eigenvalue weighted by Gasteiger charge is 2.65. The van der Waals surface area contributed by atoms with Crippen LogP contribution < -0.4 is 5.32 Å². The number of esters is 3. The Morgan fingerprint density at radius 2 is 1.72 bits per heavy atom. The number of carbonyl (C=O) groups is 5. The summed E-state index contributed by atoms with van der Waals surface area (Å²) in [6, 6.07) is 7.70. The molecule has 2 aliphatic rings. The fourth-order valence-electron chi connectivity index (χ4n) is 4.56. The molecule has 0 aliphatic carbocycles. The molecule has 1 aromatic carbocycles. The van der Waals surface area contributed by atoms with Crippen LogP contribution in [0.15, 0.2) is 30.3 Å². The number of hydrogen-bond acceptors (Lipinski definition) is 12. The number of carbonyl (C=O) groups excluding carboxylic acids is 5. The summed E-state index contributed by atoms with van der Waals surface area (Å²) in [5, 5.41) is 2.49. The molecule has 238 valence electrons. The van der Waals surface area contributed by atoms with Gasteiger partial charge in [0.15, 0.2) is 20.5 Å². The van der Waals surface area contributed by atoms with Gasteiger partial charge in [-0.05, 0) is 23.7 Å². The topological polar surface area (TPSA) is 162 Å². The third-order valence-electron chi connectivity index (χ3n) is 7.66. The van der Waals surface area contributed by atoms with Crippen LogP contribution in [-0.4, -0.2) is 81.1 Å². The van der Waals surface area contributed by atoms with Gasteiger partial charge in [-0.1, -0.05) is 51.1 Å². The van der Waals surface area contributed by atoms with E-state index in [-0.39, 0.29) is 18.3 Å². The van der Waals surface area contributed by atoms with Crippen molar-refractivity contribution in [3.05, 3.63) is 35.9 Å². The van der Waals surface area contributed by atoms with E-state index in [1.54, 1.807) is 30.3 Å². The lowest BCUT2D eigenvalue weighted by Crippen LogP contribution is -2.73. The van der Waals surface area contributed by atoms with Gasteiger partial charge in [-0.2, -0.15) is 0 Å². The van der Waals surface area contributed by atoms with Gasteiger partial charge in [-0.3, -0.25) is 14.4 Å². The molecule has 1 amide bonds. The van der Waals surface area contributed by atoms with Crippen LogP contribution in [0.5, 0.6) is 0 Å². The standard InChI is InChI=1S/C29H41NO12Si/c1-17(31)30-23-21(38-18(2)32)14-29(42-27(35)36-15-20-12-10-9-11-13-20)26(34)40-24(25(23)41-29)22(39-19(3)33)16-37-43(7,8)28(4,5)6/h9-13,21-25H,14-16H2,1-8H3,(H,30,31)/t21-,22+,23+,24+,25+,29+/m0/s1. The Balaban J connectivity index is 1.96. The zero-order chi connectivity index (χ0) is 32.2. The van der Waals surface area contributed by atoms with Gasteiger partial charge in [0, 0.05) is 20.8 Å². The van der Waals surface area contributed by atoms with E-state index in [0.717, 1.165) is 6.92 Å². The predicted molar refractivity (Wildman–Crippen MR) is 152 cm³/mol. The van der Waals surface area contributed by atoms with Crippen molar-refractivity contribution in [3.8, 4) is 0 Å². The minimum absolute atomic E-state index is 0.155. The van der Waals surface area contributed by atoms with Crippen LogP contribution in [0.2, 0.25) is 18.1 Å². The Hall–Kier alpha value is -3.49. The van der Waals surface area contributed by atoms with Crippen molar-refractivity contribution in [3.63, 3.8) is 0 Å². The van der Waals surface area contributed by atoms with Crippen molar-refractivity contribution in [2.24, 2.45) is 0 Å². The monoisotopic (exact) mass is 623 g/mol. The number of hydrogen-bond donors (Lipinski definition) is 1. The molecule has 0 aromatic heterocycles. The van der Waals surface area contributed by atoms with Crippen molar-refractivity contribution >= 4 is 38.3 Å². The van der Waals surface area contributed by atoms with Crippen molar-refractivity contribution in [1.29, 1.82) is 0 Å². The first-order valence-electron chi connectivity index (χ1n) is 14.0. The second kappa shape index (κ2) is 13.4. The molecule has 6 atom stereocenters.